The van der Waals surface area contributed by atoms with E-state index in [9.17, 15) is 0 Å². The summed E-state index contributed by atoms with van der Waals surface area (Å²) < 4.78 is 5.43. The van der Waals surface area contributed by atoms with Gasteiger partial charge in [0.15, 0.2) is 0 Å². The summed E-state index contributed by atoms with van der Waals surface area (Å²) in [5.41, 5.74) is 3.11. The van der Waals surface area contributed by atoms with Gasteiger partial charge in [-0.1, -0.05) is 12.1 Å². The predicted molar refractivity (Wildman–Crippen MR) is 95.1 cm³/mol. The number of aromatic nitrogens is 1. The maximum Gasteiger partial charge on any atom is 0.145 e. The fourth-order valence-electron chi connectivity index (χ4n) is 2.54. The third kappa shape index (κ3) is 3.40. The summed E-state index contributed by atoms with van der Waals surface area (Å²) in [5.74, 6) is 4.63. The maximum absolute atomic E-state index is 5.43. The van der Waals surface area contributed by atoms with Crippen LogP contribution in [0.2, 0.25) is 0 Å². The summed E-state index contributed by atoms with van der Waals surface area (Å²) in [4.78, 5) is 4.63. The monoisotopic (exact) mass is 320 g/mol. The molecule has 1 saturated heterocycles. The van der Waals surface area contributed by atoms with Crippen LogP contribution in [0, 0.1) is 6.92 Å². The Hall–Kier alpha value is -1.07. The quantitative estimate of drug-likeness (QED) is 0.926. The van der Waals surface area contributed by atoms with E-state index in [4.69, 9.17) is 4.74 Å². The van der Waals surface area contributed by atoms with Crippen LogP contribution in [0.25, 0.3) is 10.9 Å². The molecule has 2 heterocycles. The van der Waals surface area contributed by atoms with E-state index in [2.05, 4.69) is 46.0 Å². The van der Waals surface area contributed by atoms with Crippen LogP contribution in [-0.4, -0.2) is 41.1 Å². The molecule has 21 heavy (non-hydrogen) atoms. The lowest BCUT2D eigenvalue weighted by atomic mass is 10.1. The average molecular weight is 320 g/mol. The third-order valence-corrected chi connectivity index (χ3v) is 6.40. The molecule has 1 aromatic carbocycles. The highest BCUT2D eigenvalue weighted by molar-refractivity contribution is 8.06. The Morgan fingerprint density at radius 2 is 2.29 bits per heavy atom. The topological polar surface area (TPSA) is 34.1 Å². The Kier molecular flexibility index (Phi) is 4.80. The van der Waals surface area contributed by atoms with Crippen LogP contribution >= 0.6 is 23.5 Å². The zero-order valence-corrected chi connectivity index (χ0v) is 14.0. The minimum Gasteiger partial charge on any atom is -0.494 e. The number of aryl methyl sites for hydroxylation is 1. The number of methoxy groups -OCH3 is 1. The first-order valence-corrected chi connectivity index (χ1v) is 9.36. The largest absolute Gasteiger partial charge is 0.494 e. The molecule has 0 radical (unpaired) electrons. The molecule has 0 aliphatic carbocycles. The van der Waals surface area contributed by atoms with Gasteiger partial charge in [0.25, 0.3) is 0 Å². The molecule has 5 heteroatoms. The van der Waals surface area contributed by atoms with E-state index in [-0.39, 0.29) is 0 Å². The lowest BCUT2D eigenvalue weighted by Crippen LogP contribution is -2.23. The Balaban J connectivity index is 1.87. The van der Waals surface area contributed by atoms with E-state index in [1.54, 1.807) is 7.11 Å². The van der Waals surface area contributed by atoms with Crippen molar-refractivity contribution in [1.29, 1.82) is 0 Å². The van der Waals surface area contributed by atoms with Gasteiger partial charge in [-0.15, -0.1) is 0 Å². The fraction of sp³-hybridized carbons (Fsp3) is 0.438. The molecule has 1 N–H and O–H groups in total. The first-order valence-electron chi connectivity index (χ1n) is 7.15. The number of rotatable bonds is 4. The van der Waals surface area contributed by atoms with Gasteiger partial charge in [-0.2, -0.15) is 23.5 Å². The van der Waals surface area contributed by atoms with Gasteiger partial charge in [-0.25, -0.2) is 4.98 Å². The van der Waals surface area contributed by atoms with Crippen LogP contribution in [0.15, 0.2) is 24.3 Å². The van der Waals surface area contributed by atoms with Crippen molar-refractivity contribution in [1.82, 2.24) is 4.98 Å². The van der Waals surface area contributed by atoms with E-state index in [1.165, 1.54) is 17.3 Å². The summed E-state index contributed by atoms with van der Waals surface area (Å²) in [7, 11) is 1.70. The summed E-state index contributed by atoms with van der Waals surface area (Å²) >= 11 is 4.13. The predicted octanol–water partition coefficient (Wildman–Crippen LogP) is 3.81. The number of benzene rings is 1. The molecular weight excluding hydrogens is 300 g/mol. The van der Waals surface area contributed by atoms with Crippen LogP contribution in [0.1, 0.15) is 5.69 Å². The summed E-state index contributed by atoms with van der Waals surface area (Å²) in [5, 5.41) is 5.45. The smallest absolute Gasteiger partial charge is 0.145 e. The number of nitrogens with one attached hydrogen (secondary N) is 1. The standard InChI is InChI=1S/C16H20N2OS2/c1-11-8-14(17-9-12-10-20-6-7-21-12)13-4-3-5-15(19-2)16(13)18-11/h3-5,8,12H,6-7,9-10H2,1-2H3,(H,17,18). The van der Waals surface area contributed by atoms with E-state index in [1.807, 2.05) is 19.1 Å². The molecule has 3 nitrogen and oxygen atoms in total. The fourth-order valence-corrected chi connectivity index (χ4v) is 5.15. The second-order valence-electron chi connectivity index (χ2n) is 5.12. The van der Waals surface area contributed by atoms with Crippen molar-refractivity contribution in [2.45, 2.75) is 12.2 Å². The SMILES string of the molecule is COc1cccc2c(NCC3CSCCS3)cc(C)nc12. The molecule has 112 valence electrons. The second-order valence-corrected chi connectivity index (χ2v) is 7.67. The van der Waals surface area contributed by atoms with E-state index < -0.39 is 0 Å². The highest BCUT2D eigenvalue weighted by Gasteiger charge is 2.15. The first kappa shape index (κ1) is 14.9. The third-order valence-electron chi connectivity index (χ3n) is 3.56. The minimum atomic E-state index is 0.692. The van der Waals surface area contributed by atoms with E-state index in [0.717, 1.165) is 34.6 Å². The Morgan fingerprint density at radius 3 is 3.05 bits per heavy atom. The summed E-state index contributed by atoms with van der Waals surface area (Å²) in [6.45, 7) is 3.04. The number of para-hydroxylation sites is 1. The number of pyridine rings is 1. The van der Waals surface area contributed by atoms with Gasteiger partial charge in [0.1, 0.15) is 11.3 Å². The maximum atomic E-state index is 5.43. The zero-order valence-electron chi connectivity index (χ0n) is 12.4. The number of fused-ring (bicyclic) bond motifs is 1. The molecular formula is C16H20N2OS2. The van der Waals surface area contributed by atoms with Crippen molar-refractivity contribution in [3.63, 3.8) is 0 Å². The molecule has 0 amide bonds. The van der Waals surface area contributed by atoms with Crippen LogP contribution in [0.3, 0.4) is 0 Å². The number of hydrogen-bond acceptors (Lipinski definition) is 5. The zero-order chi connectivity index (χ0) is 14.7. The Labute approximate surface area is 134 Å². The van der Waals surface area contributed by atoms with Gasteiger partial charge in [0.2, 0.25) is 0 Å². The molecule has 1 unspecified atom stereocenters. The van der Waals surface area contributed by atoms with Crippen LogP contribution < -0.4 is 10.1 Å². The number of thioether (sulfide) groups is 2. The molecule has 0 saturated carbocycles. The normalized spacial score (nSPS) is 18.7. The van der Waals surface area contributed by atoms with Crippen molar-refractivity contribution < 1.29 is 4.74 Å². The van der Waals surface area contributed by atoms with Crippen molar-refractivity contribution in [2.75, 3.05) is 36.2 Å². The molecule has 1 aromatic heterocycles. The van der Waals surface area contributed by atoms with E-state index >= 15 is 0 Å². The number of ether oxygens (including phenoxy) is 1. The highest BCUT2D eigenvalue weighted by Crippen LogP contribution is 2.31. The van der Waals surface area contributed by atoms with Crippen LogP contribution in [-0.2, 0) is 0 Å². The highest BCUT2D eigenvalue weighted by atomic mass is 32.2. The van der Waals surface area contributed by atoms with Gasteiger partial charge >= 0.3 is 0 Å². The van der Waals surface area contributed by atoms with Crippen molar-refractivity contribution in [2.24, 2.45) is 0 Å². The van der Waals surface area contributed by atoms with Gasteiger partial charge in [-0.05, 0) is 19.1 Å². The van der Waals surface area contributed by atoms with Crippen LogP contribution in [0.4, 0.5) is 5.69 Å². The Morgan fingerprint density at radius 1 is 1.38 bits per heavy atom. The second kappa shape index (κ2) is 6.79. The summed E-state index contributed by atoms with van der Waals surface area (Å²) in [6.07, 6.45) is 0. The number of anilines is 1. The molecule has 0 spiro atoms. The van der Waals surface area contributed by atoms with Crippen molar-refractivity contribution in [3.05, 3.63) is 30.0 Å². The average Bonchev–Trinajstić information content (AvgIpc) is 2.53. The lowest BCUT2D eigenvalue weighted by Gasteiger charge is -2.22. The molecule has 1 aliphatic rings. The van der Waals surface area contributed by atoms with Gasteiger partial charge in [-0.3, -0.25) is 0 Å². The van der Waals surface area contributed by atoms with Crippen molar-refractivity contribution >= 4 is 40.1 Å². The number of nitrogens with zero attached hydrogens (tertiary/aromatic N) is 1. The molecule has 2 aromatic rings. The first-order chi connectivity index (χ1) is 10.3. The number of hydrogen-bond donors (Lipinski definition) is 1. The Bertz CT molecular complexity index is 627. The van der Waals surface area contributed by atoms with Crippen molar-refractivity contribution in [3.8, 4) is 5.75 Å². The van der Waals surface area contributed by atoms with Crippen LogP contribution in [0.5, 0.6) is 5.75 Å². The molecule has 1 aliphatic heterocycles. The van der Waals surface area contributed by atoms with E-state index in [0.29, 0.717) is 5.25 Å². The molecule has 0 bridgehead atoms. The lowest BCUT2D eigenvalue weighted by molar-refractivity contribution is 0.419. The molecule has 3 rings (SSSR count). The molecule has 1 fully saturated rings. The van der Waals surface area contributed by atoms with Gasteiger partial charge < -0.3 is 10.1 Å². The summed E-state index contributed by atoms with van der Waals surface area (Å²) in [6, 6.07) is 8.22. The van der Waals surface area contributed by atoms with Gasteiger partial charge in [0, 0.05) is 45.8 Å². The van der Waals surface area contributed by atoms with Gasteiger partial charge in [0.05, 0.1) is 7.11 Å². The molecule has 1 atom stereocenters. The minimum absolute atomic E-state index is 0.692.